The van der Waals surface area contributed by atoms with E-state index in [1.165, 1.54) is 7.05 Å². The van der Waals surface area contributed by atoms with E-state index in [-0.39, 0.29) is 4.77 Å². The molecule has 3 nitrogen and oxygen atoms in total. The van der Waals surface area contributed by atoms with Crippen LogP contribution in [0.3, 0.4) is 0 Å². The normalized spacial score (nSPS) is 12.9. The fourth-order valence-electron chi connectivity index (χ4n) is 1.52. The van der Waals surface area contributed by atoms with Crippen molar-refractivity contribution in [2.45, 2.75) is 32.5 Å². The highest BCUT2D eigenvalue weighted by atomic mass is 32.1. The lowest BCUT2D eigenvalue weighted by Gasteiger charge is -2.24. The lowest BCUT2D eigenvalue weighted by atomic mass is 10.1. The lowest BCUT2D eigenvalue weighted by Crippen LogP contribution is -2.37. The van der Waals surface area contributed by atoms with E-state index in [9.17, 15) is 18.0 Å². The molecule has 0 aliphatic carbocycles. The average molecular weight is 266 g/mol. The summed E-state index contributed by atoms with van der Waals surface area (Å²) in [5, 5.41) is 0. The first-order chi connectivity index (χ1) is 7.46. The molecule has 0 spiro atoms. The molecule has 1 aromatic rings. The second-order valence-electron chi connectivity index (χ2n) is 4.71. The van der Waals surface area contributed by atoms with Crippen LogP contribution < -0.4 is 5.56 Å². The predicted octanol–water partition coefficient (Wildman–Crippen LogP) is 2.69. The maximum absolute atomic E-state index is 12.6. The molecule has 96 valence electrons. The van der Waals surface area contributed by atoms with Gasteiger partial charge in [0.15, 0.2) is 4.77 Å². The number of alkyl halides is 3. The molecular weight excluding hydrogens is 253 g/mol. The Kier molecular flexibility index (Phi) is 3.26. The SMILES string of the molecule is Cn1c(C(F)(F)F)cc(=O)n(C(C)(C)C)c1=S. The summed E-state index contributed by atoms with van der Waals surface area (Å²) in [4.78, 5) is 11.7. The van der Waals surface area contributed by atoms with Gasteiger partial charge in [0.1, 0.15) is 5.69 Å². The summed E-state index contributed by atoms with van der Waals surface area (Å²) < 4.78 is 39.7. The Hall–Kier alpha value is -1.11. The smallest absolute Gasteiger partial charge is 0.317 e. The van der Waals surface area contributed by atoms with Gasteiger partial charge in [-0.15, -0.1) is 0 Å². The van der Waals surface area contributed by atoms with Gasteiger partial charge in [0.2, 0.25) is 0 Å². The van der Waals surface area contributed by atoms with Crippen molar-refractivity contribution < 1.29 is 13.2 Å². The zero-order valence-corrected chi connectivity index (χ0v) is 10.7. The van der Waals surface area contributed by atoms with E-state index in [1.54, 1.807) is 20.8 Å². The summed E-state index contributed by atoms with van der Waals surface area (Å²) in [5.74, 6) is 0. The summed E-state index contributed by atoms with van der Waals surface area (Å²) in [6, 6.07) is 0.570. The molecule has 1 aromatic heterocycles. The first kappa shape index (κ1) is 14.0. The highest BCUT2D eigenvalue weighted by Crippen LogP contribution is 2.28. The van der Waals surface area contributed by atoms with Crippen LogP contribution in [0.1, 0.15) is 26.5 Å². The molecule has 0 N–H and O–H groups in total. The van der Waals surface area contributed by atoms with Crippen LogP contribution in [0.15, 0.2) is 10.9 Å². The largest absolute Gasteiger partial charge is 0.431 e. The molecule has 0 aliphatic heterocycles. The molecule has 1 rings (SSSR count). The number of hydrogen-bond acceptors (Lipinski definition) is 2. The van der Waals surface area contributed by atoms with E-state index in [0.717, 1.165) is 9.13 Å². The molecule has 0 aromatic carbocycles. The van der Waals surface area contributed by atoms with Gasteiger partial charge in [-0.2, -0.15) is 13.2 Å². The lowest BCUT2D eigenvalue weighted by molar-refractivity contribution is -0.144. The minimum atomic E-state index is -4.58. The summed E-state index contributed by atoms with van der Waals surface area (Å²) in [7, 11) is 1.20. The van der Waals surface area contributed by atoms with E-state index >= 15 is 0 Å². The summed E-state index contributed by atoms with van der Waals surface area (Å²) >= 11 is 4.91. The summed E-state index contributed by atoms with van der Waals surface area (Å²) in [5.41, 5.74) is -2.43. The third kappa shape index (κ3) is 2.59. The average Bonchev–Trinajstić information content (AvgIpc) is 2.07. The van der Waals surface area contributed by atoms with Gasteiger partial charge in [0.25, 0.3) is 5.56 Å². The van der Waals surface area contributed by atoms with E-state index in [1.807, 2.05) is 0 Å². The molecule has 0 saturated carbocycles. The van der Waals surface area contributed by atoms with Gasteiger partial charge in [-0.25, -0.2) is 0 Å². The Labute approximate surface area is 101 Å². The quantitative estimate of drug-likeness (QED) is 0.675. The predicted molar refractivity (Wildman–Crippen MR) is 60.5 cm³/mol. The van der Waals surface area contributed by atoms with Crippen LogP contribution >= 0.6 is 12.2 Å². The molecule has 17 heavy (non-hydrogen) atoms. The van der Waals surface area contributed by atoms with Crippen LogP contribution in [0, 0.1) is 4.77 Å². The van der Waals surface area contributed by atoms with Crippen molar-refractivity contribution in [1.29, 1.82) is 0 Å². The van der Waals surface area contributed by atoms with Gasteiger partial charge < -0.3 is 4.57 Å². The van der Waals surface area contributed by atoms with Crippen LogP contribution in [-0.2, 0) is 18.8 Å². The molecule has 0 aliphatic rings. The second-order valence-corrected chi connectivity index (χ2v) is 5.08. The van der Waals surface area contributed by atoms with E-state index < -0.39 is 23.0 Å². The number of nitrogens with zero attached hydrogens (tertiary/aromatic N) is 2. The van der Waals surface area contributed by atoms with Gasteiger partial charge in [-0.05, 0) is 33.0 Å². The highest BCUT2D eigenvalue weighted by Gasteiger charge is 2.35. The standard InChI is InChI=1S/C10H13F3N2OS/c1-9(2,3)15-7(16)5-6(10(11,12)13)14(4)8(15)17/h5H,1-4H3. The van der Waals surface area contributed by atoms with Crippen LogP contribution in [0.5, 0.6) is 0 Å². The van der Waals surface area contributed by atoms with E-state index in [4.69, 9.17) is 12.2 Å². The van der Waals surface area contributed by atoms with E-state index in [0.29, 0.717) is 6.07 Å². The third-order valence-electron chi connectivity index (χ3n) is 2.28. The van der Waals surface area contributed by atoms with Gasteiger partial charge in [-0.3, -0.25) is 9.36 Å². The molecule has 0 radical (unpaired) electrons. The number of hydrogen-bond donors (Lipinski definition) is 0. The third-order valence-corrected chi connectivity index (χ3v) is 2.74. The van der Waals surface area contributed by atoms with Crippen molar-refractivity contribution in [1.82, 2.24) is 9.13 Å². The maximum Gasteiger partial charge on any atom is 0.431 e. The Morgan fingerprint density at radius 2 is 1.71 bits per heavy atom. The molecule has 0 saturated heterocycles. The number of halogens is 3. The first-order valence-electron chi connectivity index (χ1n) is 4.87. The van der Waals surface area contributed by atoms with E-state index in [2.05, 4.69) is 0 Å². The van der Waals surface area contributed by atoms with Crippen molar-refractivity contribution in [2.75, 3.05) is 0 Å². The molecule has 0 unspecified atom stereocenters. The van der Waals surface area contributed by atoms with Gasteiger partial charge in [0, 0.05) is 18.7 Å². The van der Waals surface area contributed by atoms with Crippen molar-refractivity contribution in [3.8, 4) is 0 Å². The van der Waals surface area contributed by atoms with Gasteiger partial charge >= 0.3 is 6.18 Å². The minimum Gasteiger partial charge on any atom is -0.317 e. The molecular formula is C10H13F3N2OS. The summed E-state index contributed by atoms with van der Waals surface area (Å²) in [6.07, 6.45) is -4.58. The fourth-order valence-corrected chi connectivity index (χ4v) is 1.98. The monoisotopic (exact) mass is 266 g/mol. The van der Waals surface area contributed by atoms with Crippen LogP contribution in [-0.4, -0.2) is 9.13 Å². The van der Waals surface area contributed by atoms with Crippen LogP contribution in [0.25, 0.3) is 0 Å². The molecule has 7 heteroatoms. The van der Waals surface area contributed by atoms with Gasteiger partial charge in [-0.1, -0.05) is 0 Å². The summed E-state index contributed by atoms with van der Waals surface area (Å²) in [6.45, 7) is 5.12. The van der Waals surface area contributed by atoms with Gasteiger partial charge in [0.05, 0.1) is 0 Å². The zero-order valence-electron chi connectivity index (χ0n) is 9.92. The number of rotatable bonds is 0. The van der Waals surface area contributed by atoms with Crippen molar-refractivity contribution in [2.24, 2.45) is 7.05 Å². The Morgan fingerprint density at radius 1 is 1.24 bits per heavy atom. The second kappa shape index (κ2) is 3.97. The minimum absolute atomic E-state index is 0.141. The Morgan fingerprint density at radius 3 is 2.06 bits per heavy atom. The molecule has 1 heterocycles. The van der Waals surface area contributed by atoms with Crippen molar-refractivity contribution >= 4 is 12.2 Å². The van der Waals surface area contributed by atoms with Crippen LogP contribution in [0.4, 0.5) is 13.2 Å². The van der Waals surface area contributed by atoms with Crippen molar-refractivity contribution in [3.63, 3.8) is 0 Å². The Balaban J connectivity index is 3.73. The molecule has 0 atom stereocenters. The zero-order chi connectivity index (χ0) is 13.6. The maximum atomic E-state index is 12.6. The number of aromatic nitrogens is 2. The molecule has 0 amide bonds. The topological polar surface area (TPSA) is 26.9 Å². The molecule has 0 bridgehead atoms. The first-order valence-corrected chi connectivity index (χ1v) is 5.28. The Bertz CT molecular complexity index is 549. The van der Waals surface area contributed by atoms with Crippen molar-refractivity contribution in [3.05, 3.63) is 26.9 Å². The fraction of sp³-hybridized carbons (Fsp3) is 0.600. The molecule has 0 fully saturated rings. The van der Waals surface area contributed by atoms with Crippen LogP contribution in [0.2, 0.25) is 0 Å². The highest BCUT2D eigenvalue weighted by molar-refractivity contribution is 7.71.